The Morgan fingerprint density at radius 1 is 1.31 bits per heavy atom. The molecule has 9 heteroatoms. The lowest BCUT2D eigenvalue weighted by Gasteiger charge is -2.15. The maximum atomic E-state index is 11.8. The zero-order chi connectivity index (χ0) is 17.9. The van der Waals surface area contributed by atoms with Gasteiger partial charge in [-0.1, -0.05) is 41.3 Å². The Kier molecular flexibility index (Phi) is 5.18. The van der Waals surface area contributed by atoms with Crippen LogP contribution in [-0.2, 0) is 10.5 Å². The highest BCUT2D eigenvalue weighted by molar-refractivity contribution is 8.00. The highest BCUT2D eigenvalue weighted by Gasteiger charge is 2.34. The molecule has 0 radical (unpaired) electrons. The van der Waals surface area contributed by atoms with Crippen molar-refractivity contribution in [1.29, 1.82) is 0 Å². The van der Waals surface area contributed by atoms with Gasteiger partial charge in [0.2, 0.25) is 11.0 Å². The number of para-hydroxylation sites is 1. The van der Waals surface area contributed by atoms with Crippen LogP contribution >= 0.6 is 34.4 Å². The van der Waals surface area contributed by atoms with Crippen LogP contribution in [0.3, 0.4) is 0 Å². The number of carbonyl (C=O) groups excluding carboxylic acids is 1. The van der Waals surface area contributed by atoms with Gasteiger partial charge >= 0.3 is 0 Å². The van der Waals surface area contributed by atoms with Gasteiger partial charge in [-0.2, -0.15) is 0 Å². The Morgan fingerprint density at radius 3 is 2.85 bits per heavy atom. The van der Waals surface area contributed by atoms with Crippen molar-refractivity contribution in [1.82, 2.24) is 15.2 Å². The van der Waals surface area contributed by atoms with Gasteiger partial charge in [0.25, 0.3) is 0 Å². The van der Waals surface area contributed by atoms with E-state index in [2.05, 4.69) is 20.5 Å². The summed E-state index contributed by atoms with van der Waals surface area (Å²) in [5.41, 5.74) is 2.03. The van der Waals surface area contributed by atoms with Gasteiger partial charge in [-0.05, 0) is 25.0 Å². The molecule has 1 aromatic carbocycles. The molecule has 1 aliphatic carbocycles. The van der Waals surface area contributed by atoms with Gasteiger partial charge in [-0.3, -0.25) is 9.69 Å². The number of benzene rings is 1. The molecule has 0 unspecified atom stereocenters. The highest BCUT2D eigenvalue weighted by Crippen LogP contribution is 2.36. The average molecular weight is 404 g/mol. The number of carbonyl (C=O) groups is 1. The van der Waals surface area contributed by atoms with Crippen molar-refractivity contribution < 1.29 is 4.79 Å². The van der Waals surface area contributed by atoms with Crippen molar-refractivity contribution in [2.24, 2.45) is 0 Å². The van der Waals surface area contributed by atoms with Gasteiger partial charge in [0, 0.05) is 29.8 Å². The first-order chi connectivity index (χ1) is 12.7. The van der Waals surface area contributed by atoms with E-state index in [9.17, 15) is 4.79 Å². The number of thiazole rings is 1. The molecule has 0 bridgehead atoms. The lowest BCUT2D eigenvalue weighted by molar-refractivity contribution is -0.116. The second-order valence-electron chi connectivity index (χ2n) is 5.89. The third kappa shape index (κ3) is 4.22. The molecule has 1 N–H and O–H groups in total. The zero-order valence-corrected chi connectivity index (χ0v) is 16.5. The van der Waals surface area contributed by atoms with E-state index < -0.39 is 0 Å². The topological polar surface area (TPSA) is 71.0 Å². The van der Waals surface area contributed by atoms with Crippen molar-refractivity contribution in [3.05, 3.63) is 41.4 Å². The van der Waals surface area contributed by atoms with Crippen LogP contribution in [0.2, 0.25) is 0 Å². The predicted octanol–water partition coefficient (Wildman–Crippen LogP) is 4.55. The smallest absolute Gasteiger partial charge is 0.225 e. The fraction of sp³-hybridized carbons (Fsp3) is 0.294. The molecule has 1 saturated carbocycles. The fourth-order valence-electron chi connectivity index (χ4n) is 2.45. The molecule has 26 heavy (non-hydrogen) atoms. The van der Waals surface area contributed by atoms with Crippen LogP contribution in [0.5, 0.6) is 0 Å². The molecule has 0 spiro atoms. The van der Waals surface area contributed by atoms with E-state index in [1.807, 2.05) is 35.7 Å². The molecule has 0 saturated heterocycles. The monoisotopic (exact) mass is 403 g/mol. The van der Waals surface area contributed by atoms with Gasteiger partial charge in [0.05, 0.1) is 5.69 Å². The van der Waals surface area contributed by atoms with Gasteiger partial charge in [-0.15, -0.1) is 21.5 Å². The molecular formula is C17H17N5OS3. The Balaban J connectivity index is 1.35. The van der Waals surface area contributed by atoms with E-state index in [0.29, 0.717) is 11.2 Å². The quantitative estimate of drug-likeness (QED) is 0.461. The number of amides is 1. The molecule has 6 nitrogen and oxygen atoms in total. The molecule has 0 atom stereocenters. The van der Waals surface area contributed by atoms with Gasteiger partial charge in [-0.25, -0.2) is 4.98 Å². The first kappa shape index (κ1) is 17.4. The summed E-state index contributed by atoms with van der Waals surface area (Å²) in [7, 11) is 0. The minimum atomic E-state index is 0.0383. The molecule has 3 aromatic rings. The molecule has 134 valence electrons. The third-order valence-electron chi connectivity index (χ3n) is 3.77. The number of nitrogens with zero attached hydrogens (tertiary/aromatic N) is 4. The Bertz CT molecular complexity index is 891. The Labute approximate surface area is 163 Å². The molecule has 0 aliphatic heterocycles. The summed E-state index contributed by atoms with van der Waals surface area (Å²) in [5.74, 6) is 0.766. The standard InChI is InChI=1S/C17H17N5OS3/c1-11(23)22(14-7-8-14)16-20-21-17(26-16)25-10-13-9-24-15(19-13)18-12-5-3-2-4-6-12/h2-6,9,14H,7-8,10H2,1H3,(H,18,19). The van der Waals surface area contributed by atoms with Crippen molar-refractivity contribution in [3.63, 3.8) is 0 Å². The number of hydrogen-bond acceptors (Lipinski definition) is 8. The SMILES string of the molecule is CC(=O)N(c1nnc(SCc2csc(Nc3ccccc3)n2)s1)C1CC1. The first-order valence-electron chi connectivity index (χ1n) is 8.21. The van der Waals surface area contributed by atoms with E-state index in [-0.39, 0.29) is 5.91 Å². The average Bonchev–Trinajstić information content (AvgIpc) is 3.17. The minimum absolute atomic E-state index is 0.0383. The zero-order valence-electron chi connectivity index (χ0n) is 14.1. The Hall–Kier alpha value is -1.97. The molecule has 1 amide bonds. The maximum Gasteiger partial charge on any atom is 0.225 e. The van der Waals surface area contributed by atoms with Crippen LogP contribution < -0.4 is 10.2 Å². The lowest BCUT2D eigenvalue weighted by Crippen LogP contribution is -2.30. The summed E-state index contributed by atoms with van der Waals surface area (Å²) in [4.78, 5) is 18.2. The van der Waals surface area contributed by atoms with Crippen LogP contribution in [0.25, 0.3) is 0 Å². The fourth-order valence-corrected chi connectivity index (χ4v) is 5.14. The molecular weight excluding hydrogens is 386 g/mol. The van der Waals surface area contributed by atoms with Crippen LogP contribution in [-0.4, -0.2) is 27.1 Å². The van der Waals surface area contributed by atoms with E-state index in [1.165, 1.54) is 11.3 Å². The summed E-state index contributed by atoms with van der Waals surface area (Å²) < 4.78 is 0.859. The number of anilines is 3. The van der Waals surface area contributed by atoms with Gasteiger partial charge in [0.1, 0.15) is 0 Å². The molecule has 4 rings (SSSR count). The maximum absolute atomic E-state index is 11.8. The largest absolute Gasteiger partial charge is 0.332 e. The summed E-state index contributed by atoms with van der Waals surface area (Å²) in [5, 5.41) is 15.3. The number of hydrogen-bond donors (Lipinski definition) is 1. The molecule has 2 heterocycles. The molecule has 1 aliphatic rings. The highest BCUT2D eigenvalue weighted by atomic mass is 32.2. The second-order valence-corrected chi connectivity index (χ2v) is 8.93. The van der Waals surface area contributed by atoms with Gasteiger partial charge in [0.15, 0.2) is 9.47 Å². The third-order valence-corrected chi connectivity index (χ3v) is 6.67. The van der Waals surface area contributed by atoms with Crippen LogP contribution in [0, 0.1) is 0 Å². The minimum Gasteiger partial charge on any atom is -0.332 e. The van der Waals surface area contributed by atoms with E-state index in [0.717, 1.165) is 39.4 Å². The number of nitrogens with one attached hydrogen (secondary N) is 1. The molecule has 1 fully saturated rings. The summed E-state index contributed by atoms with van der Waals surface area (Å²) in [6.45, 7) is 1.59. The van der Waals surface area contributed by atoms with Crippen molar-refractivity contribution in [2.75, 3.05) is 10.2 Å². The van der Waals surface area contributed by atoms with E-state index in [4.69, 9.17) is 0 Å². The van der Waals surface area contributed by atoms with Crippen LogP contribution in [0.15, 0.2) is 40.1 Å². The van der Waals surface area contributed by atoms with E-state index >= 15 is 0 Å². The normalized spacial score (nSPS) is 13.6. The predicted molar refractivity (Wildman–Crippen MR) is 107 cm³/mol. The van der Waals surface area contributed by atoms with Crippen molar-refractivity contribution in [3.8, 4) is 0 Å². The number of rotatable bonds is 7. The summed E-state index contributed by atoms with van der Waals surface area (Å²) >= 11 is 4.66. The van der Waals surface area contributed by atoms with Crippen LogP contribution in [0.1, 0.15) is 25.5 Å². The van der Waals surface area contributed by atoms with Crippen molar-refractivity contribution in [2.45, 2.75) is 35.9 Å². The van der Waals surface area contributed by atoms with Crippen molar-refractivity contribution >= 4 is 56.3 Å². The summed E-state index contributed by atoms with van der Waals surface area (Å²) in [6.07, 6.45) is 2.11. The van der Waals surface area contributed by atoms with E-state index in [1.54, 1.807) is 34.9 Å². The van der Waals surface area contributed by atoms with Gasteiger partial charge < -0.3 is 5.32 Å². The lowest BCUT2D eigenvalue weighted by atomic mass is 10.3. The number of aromatic nitrogens is 3. The molecule has 2 aromatic heterocycles. The first-order valence-corrected chi connectivity index (χ1v) is 10.9. The Morgan fingerprint density at radius 2 is 2.12 bits per heavy atom. The summed E-state index contributed by atoms with van der Waals surface area (Å²) in [6, 6.07) is 10.3. The number of thioether (sulfide) groups is 1. The van der Waals surface area contributed by atoms with Crippen LogP contribution in [0.4, 0.5) is 16.0 Å². The second kappa shape index (κ2) is 7.73.